The lowest BCUT2D eigenvalue weighted by Gasteiger charge is -2.63. The van der Waals surface area contributed by atoms with Gasteiger partial charge in [0, 0.05) is 17.9 Å². The molecule has 2 saturated heterocycles. The van der Waals surface area contributed by atoms with Gasteiger partial charge in [0.1, 0.15) is 4.75 Å². The highest BCUT2D eigenvalue weighted by atomic mass is 32.2. The van der Waals surface area contributed by atoms with Crippen LogP contribution in [-0.2, 0) is 9.84 Å². The zero-order valence-electron chi connectivity index (χ0n) is 15.5. The van der Waals surface area contributed by atoms with Crippen molar-refractivity contribution < 1.29 is 8.42 Å². The Kier molecular flexibility index (Phi) is 3.29. The first-order valence-electron chi connectivity index (χ1n) is 10.3. The van der Waals surface area contributed by atoms with Crippen LogP contribution in [0.2, 0.25) is 0 Å². The van der Waals surface area contributed by atoms with E-state index in [1.165, 1.54) is 41.5 Å². The summed E-state index contributed by atoms with van der Waals surface area (Å²) in [5.74, 6) is 0.547. The van der Waals surface area contributed by atoms with Crippen LogP contribution < -0.4 is 0 Å². The molecule has 2 atom stereocenters. The number of hydrogen-bond acceptors (Lipinski definition) is 3. The Morgan fingerprint density at radius 3 is 1.93 bits per heavy atom. The second-order valence-electron chi connectivity index (χ2n) is 8.80. The molecule has 27 heavy (non-hydrogen) atoms. The molecule has 1 spiro atoms. The van der Waals surface area contributed by atoms with Crippen LogP contribution in [0, 0.1) is 0 Å². The smallest absolute Gasteiger partial charge is 0.160 e. The van der Waals surface area contributed by atoms with E-state index >= 15 is 0 Å². The summed E-state index contributed by atoms with van der Waals surface area (Å²) in [7, 11) is -3.10. The summed E-state index contributed by atoms with van der Waals surface area (Å²) >= 11 is 0. The Bertz CT molecular complexity index is 977. The Morgan fingerprint density at radius 1 is 0.815 bits per heavy atom. The summed E-state index contributed by atoms with van der Waals surface area (Å²) in [4.78, 5) is 2.51. The maximum atomic E-state index is 13.4. The summed E-state index contributed by atoms with van der Waals surface area (Å²) in [6, 6.07) is 17.4. The van der Waals surface area contributed by atoms with E-state index in [1.807, 2.05) is 0 Å². The molecule has 2 fully saturated rings. The van der Waals surface area contributed by atoms with Crippen LogP contribution in [0.1, 0.15) is 59.8 Å². The lowest BCUT2D eigenvalue weighted by molar-refractivity contribution is 0.102. The van der Waals surface area contributed by atoms with E-state index in [0.717, 1.165) is 19.5 Å². The molecule has 0 saturated carbocycles. The molecule has 2 aromatic carbocycles. The molecule has 3 nitrogen and oxygen atoms in total. The van der Waals surface area contributed by atoms with Crippen LogP contribution in [0.4, 0.5) is 0 Å². The highest BCUT2D eigenvalue weighted by Gasteiger charge is 2.70. The predicted octanol–water partition coefficient (Wildman–Crippen LogP) is 3.69. The van der Waals surface area contributed by atoms with Crippen LogP contribution >= 0.6 is 0 Å². The molecule has 3 aliphatic carbocycles. The maximum Gasteiger partial charge on any atom is 0.160 e. The average molecular weight is 380 g/mol. The van der Waals surface area contributed by atoms with Gasteiger partial charge in [-0.2, -0.15) is 0 Å². The van der Waals surface area contributed by atoms with Gasteiger partial charge in [0.15, 0.2) is 9.84 Å². The molecule has 2 heterocycles. The fourth-order valence-electron chi connectivity index (χ4n) is 6.59. The number of hydrogen-bond donors (Lipinski definition) is 0. The molecular weight excluding hydrogens is 354 g/mol. The Hall–Kier alpha value is -1.65. The first-order valence-corrected chi connectivity index (χ1v) is 11.9. The minimum atomic E-state index is -3.10. The summed E-state index contributed by atoms with van der Waals surface area (Å²) in [5.41, 5.74) is 5.23. The minimum Gasteiger partial charge on any atom is -0.298 e. The molecule has 2 aromatic rings. The third kappa shape index (κ3) is 1.93. The van der Waals surface area contributed by atoms with E-state index in [-0.39, 0.29) is 17.9 Å². The van der Waals surface area contributed by atoms with E-state index in [4.69, 9.17) is 0 Å². The molecule has 0 amide bonds. The normalized spacial score (nSPS) is 36.1. The summed E-state index contributed by atoms with van der Waals surface area (Å²) < 4.78 is 26.2. The molecule has 2 aliphatic heterocycles. The fourth-order valence-corrected chi connectivity index (χ4v) is 9.21. The number of sulfone groups is 1. The standard InChI is InChI=1S/C23H25NO2S/c25-27(26)15-21(24-12-6-1-7-13-24)23(27)14-20-16-8-2-4-10-18(16)22(23)19-11-5-3-9-17(19)20/h2-5,8-11,20-22H,1,6-7,12-15H2. The van der Waals surface area contributed by atoms with Gasteiger partial charge in [-0.1, -0.05) is 55.0 Å². The first kappa shape index (κ1) is 16.3. The van der Waals surface area contributed by atoms with Crippen LogP contribution in [0.15, 0.2) is 48.5 Å². The van der Waals surface area contributed by atoms with E-state index < -0.39 is 14.6 Å². The molecule has 4 heteroatoms. The van der Waals surface area contributed by atoms with E-state index in [9.17, 15) is 8.42 Å². The van der Waals surface area contributed by atoms with Crippen LogP contribution in [0.25, 0.3) is 0 Å². The van der Waals surface area contributed by atoms with Crippen molar-refractivity contribution in [3.05, 3.63) is 70.8 Å². The molecule has 140 valence electrons. The van der Waals surface area contributed by atoms with Crippen LogP contribution in [-0.4, -0.2) is 42.9 Å². The van der Waals surface area contributed by atoms with Crippen LogP contribution in [0.3, 0.4) is 0 Å². The lowest BCUT2D eigenvalue weighted by Crippen LogP contribution is -2.74. The van der Waals surface area contributed by atoms with Gasteiger partial charge in [0.25, 0.3) is 0 Å². The molecule has 2 unspecified atom stereocenters. The highest BCUT2D eigenvalue weighted by Crippen LogP contribution is 2.64. The van der Waals surface area contributed by atoms with Crippen LogP contribution in [0.5, 0.6) is 0 Å². The monoisotopic (exact) mass is 379 g/mol. The summed E-state index contributed by atoms with van der Waals surface area (Å²) in [6.07, 6.45) is 4.44. The zero-order valence-corrected chi connectivity index (χ0v) is 16.3. The zero-order chi connectivity index (χ0) is 18.2. The maximum absolute atomic E-state index is 13.4. The van der Waals surface area contributed by atoms with E-state index in [0.29, 0.717) is 5.75 Å². The number of rotatable bonds is 1. The minimum absolute atomic E-state index is 0.0134. The second kappa shape index (κ2) is 5.45. The van der Waals surface area contributed by atoms with Crippen molar-refractivity contribution in [2.75, 3.05) is 18.8 Å². The third-order valence-corrected chi connectivity index (χ3v) is 10.3. The van der Waals surface area contributed by atoms with Gasteiger partial charge in [-0.05, 0) is 54.6 Å². The van der Waals surface area contributed by atoms with Crippen molar-refractivity contribution in [1.82, 2.24) is 4.90 Å². The van der Waals surface area contributed by atoms with Gasteiger partial charge in [-0.25, -0.2) is 8.42 Å². The first-order chi connectivity index (χ1) is 13.1. The molecule has 7 rings (SSSR count). The van der Waals surface area contributed by atoms with Gasteiger partial charge < -0.3 is 0 Å². The molecule has 5 aliphatic rings. The summed E-state index contributed by atoms with van der Waals surface area (Å²) in [5, 5.41) is 0. The van der Waals surface area contributed by atoms with Crippen molar-refractivity contribution in [3.8, 4) is 0 Å². The second-order valence-corrected chi connectivity index (χ2v) is 11.1. The van der Waals surface area contributed by atoms with Crippen molar-refractivity contribution >= 4 is 9.84 Å². The topological polar surface area (TPSA) is 37.4 Å². The van der Waals surface area contributed by atoms with Crippen molar-refractivity contribution in [1.29, 1.82) is 0 Å². The third-order valence-electron chi connectivity index (χ3n) is 7.73. The van der Waals surface area contributed by atoms with Crippen molar-refractivity contribution in [2.24, 2.45) is 0 Å². The number of piperidine rings is 1. The predicted molar refractivity (Wildman–Crippen MR) is 107 cm³/mol. The Morgan fingerprint density at radius 2 is 1.37 bits per heavy atom. The number of nitrogens with zero attached hydrogens (tertiary/aromatic N) is 1. The lowest BCUT2D eigenvalue weighted by atomic mass is 9.56. The SMILES string of the molecule is O=S1(=O)CC(N2CCCCC2)C12CC1c3ccccc3C2c2ccccc21. The largest absolute Gasteiger partial charge is 0.298 e. The fraction of sp³-hybridized carbons (Fsp3) is 0.478. The van der Waals surface area contributed by atoms with Gasteiger partial charge in [-0.3, -0.25) is 4.90 Å². The highest BCUT2D eigenvalue weighted by molar-refractivity contribution is 7.94. The Labute approximate surface area is 161 Å². The van der Waals surface area contributed by atoms with Crippen molar-refractivity contribution in [3.63, 3.8) is 0 Å². The van der Waals surface area contributed by atoms with Gasteiger partial charge in [0.2, 0.25) is 0 Å². The van der Waals surface area contributed by atoms with Crippen molar-refractivity contribution in [2.45, 2.75) is 48.3 Å². The van der Waals surface area contributed by atoms with E-state index in [1.54, 1.807) is 0 Å². The molecular formula is C23H25NO2S. The quantitative estimate of drug-likeness (QED) is 0.758. The molecule has 0 radical (unpaired) electrons. The van der Waals surface area contributed by atoms with E-state index in [2.05, 4.69) is 53.4 Å². The Balaban J connectivity index is 1.58. The molecule has 0 N–H and O–H groups in total. The van der Waals surface area contributed by atoms with Gasteiger partial charge in [0.05, 0.1) is 5.75 Å². The average Bonchev–Trinajstić information content (AvgIpc) is 2.72. The number of benzene rings is 2. The summed E-state index contributed by atoms with van der Waals surface area (Å²) in [6.45, 7) is 2.12. The number of likely N-dealkylation sites (tertiary alicyclic amines) is 1. The molecule has 0 aromatic heterocycles. The van der Waals surface area contributed by atoms with Gasteiger partial charge >= 0.3 is 0 Å². The molecule has 2 bridgehead atoms. The van der Waals surface area contributed by atoms with Gasteiger partial charge in [-0.15, -0.1) is 0 Å².